The van der Waals surface area contributed by atoms with Gasteiger partial charge in [-0.15, -0.1) is 6.58 Å². The Morgan fingerprint density at radius 2 is 2.06 bits per heavy atom. The summed E-state index contributed by atoms with van der Waals surface area (Å²) < 4.78 is 0. The molecule has 17 heavy (non-hydrogen) atoms. The molecule has 1 aliphatic rings. The van der Waals surface area contributed by atoms with Crippen molar-refractivity contribution in [1.82, 2.24) is 4.90 Å². The van der Waals surface area contributed by atoms with Crippen LogP contribution in [0.4, 0.5) is 0 Å². The van der Waals surface area contributed by atoms with Crippen molar-refractivity contribution in [2.45, 2.75) is 57.4 Å². The molecule has 1 heterocycles. The summed E-state index contributed by atoms with van der Waals surface area (Å²) in [7, 11) is 0. The monoisotopic (exact) mass is 237 g/mol. The topological polar surface area (TPSA) is 37.4 Å². The van der Waals surface area contributed by atoms with E-state index in [1.54, 1.807) is 4.90 Å². The number of hydrogen-bond acceptors (Lipinski definition) is 2. The van der Waals surface area contributed by atoms with Gasteiger partial charge in [-0.2, -0.15) is 0 Å². The van der Waals surface area contributed by atoms with Gasteiger partial charge in [0.2, 0.25) is 5.91 Å². The van der Waals surface area contributed by atoms with Crippen LogP contribution in [0.15, 0.2) is 12.7 Å². The molecule has 0 spiro atoms. The molecular weight excluding hydrogens is 214 g/mol. The number of unbranched alkanes of at least 4 members (excludes halogenated alkanes) is 4. The van der Waals surface area contributed by atoms with Crippen molar-refractivity contribution in [3.8, 4) is 0 Å². The summed E-state index contributed by atoms with van der Waals surface area (Å²) in [6, 6.07) is -0.150. The summed E-state index contributed by atoms with van der Waals surface area (Å²) in [6.07, 6.45) is 10.7. The quantitative estimate of drug-likeness (QED) is 0.370. The fourth-order valence-corrected chi connectivity index (χ4v) is 2.31. The van der Waals surface area contributed by atoms with Gasteiger partial charge in [0, 0.05) is 13.0 Å². The van der Waals surface area contributed by atoms with Crippen molar-refractivity contribution < 1.29 is 9.59 Å². The summed E-state index contributed by atoms with van der Waals surface area (Å²) in [5.41, 5.74) is 0. The van der Waals surface area contributed by atoms with Crippen molar-refractivity contribution >= 4 is 12.2 Å². The van der Waals surface area contributed by atoms with E-state index in [4.69, 9.17) is 0 Å². The third-order valence-electron chi connectivity index (χ3n) is 3.33. The number of aldehydes is 1. The summed E-state index contributed by atoms with van der Waals surface area (Å²) >= 11 is 0. The Balaban J connectivity index is 2.12. The molecule has 96 valence electrons. The molecule has 0 N–H and O–H groups in total. The summed E-state index contributed by atoms with van der Waals surface area (Å²) in [5, 5.41) is 0. The fraction of sp³-hybridized carbons (Fsp3) is 0.714. The number of allylic oxidation sites excluding steroid dienone is 1. The molecule has 0 aliphatic carbocycles. The third kappa shape index (κ3) is 4.72. The van der Waals surface area contributed by atoms with E-state index < -0.39 is 0 Å². The van der Waals surface area contributed by atoms with Gasteiger partial charge < -0.3 is 9.69 Å². The van der Waals surface area contributed by atoms with Gasteiger partial charge in [0.15, 0.2) is 0 Å². The Labute approximate surface area is 104 Å². The van der Waals surface area contributed by atoms with Gasteiger partial charge in [0.1, 0.15) is 6.29 Å². The molecule has 1 fully saturated rings. The molecule has 1 aliphatic heterocycles. The fourth-order valence-electron chi connectivity index (χ4n) is 2.31. The SMILES string of the molecule is C=CCCCCCCC(=O)N1CCCC1C=O. The van der Waals surface area contributed by atoms with Crippen LogP contribution in [0, 0.1) is 0 Å². The first-order valence-corrected chi connectivity index (χ1v) is 6.65. The van der Waals surface area contributed by atoms with Crippen molar-refractivity contribution in [2.24, 2.45) is 0 Å². The molecular formula is C14H23NO2. The second kappa shape index (κ2) is 8.04. The minimum absolute atomic E-state index is 0.150. The van der Waals surface area contributed by atoms with Gasteiger partial charge in [-0.1, -0.05) is 18.9 Å². The maximum Gasteiger partial charge on any atom is 0.223 e. The summed E-state index contributed by atoms with van der Waals surface area (Å²) in [6.45, 7) is 4.45. The first kappa shape index (κ1) is 13.9. The normalized spacial score (nSPS) is 19.3. The van der Waals surface area contributed by atoms with Gasteiger partial charge in [0.05, 0.1) is 6.04 Å². The van der Waals surface area contributed by atoms with E-state index in [-0.39, 0.29) is 11.9 Å². The molecule has 1 saturated heterocycles. The van der Waals surface area contributed by atoms with Crippen molar-refractivity contribution in [3.63, 3.8) is 0 Å². The van der Waals surface area contributed by atoms with Crippen LogP contribution in [0.3, 0.4) is 0 Å². The first-order valence-electron chi connectivity index (χ1n) is 6.65. The van der Waals surface area contributed by atoms with Crippen LogP contribution in [0.5, 0.6) is 0 Å². The predicted molar refractivity (Wildman–Crippen MR) is 68.7 cm³/mol. The zero-order valence-corrected chi connectivity index (χ0v) is 10.6. The van der Waals surface area contributed by atoms with E-state index in [0.29, 0.717) is 6.42 Å². The second-order valence-electron chi connectivity index (χ2n) is 4.67. The first-order chi connectivity index (χ1) is 8.29. The lowest BCUT2D eigenvalue weighted by atomic mass is 10.1. The molecule has 0 aromatic carbocycles. The Morgan fingerprint density at radius 3 is 2.76 bits per heavy atom. The average Bonchev–Trinajstić information content (AvgIpc) is 2.81. The highest BCUT2D eigenvalue weighted by atomic mass is 16.2. The highest BCUT2D eigenvalue weighted by molar-refractivity contribution is 5.80. The van der Waals surface area contributed by atoms with Crippen LogP contribution in [0.25, 0.3) is 0 Å². The Hall–Kier alpha value is -1.12. The number of nitrogens with zero attached hydrogens (tertiary/aromatic N) is 1. The lowest BCUT2D eigenvalue weighted by Gasteiger charge is -2.20. The van der Waals surface area contributed by atoms with Crippen molar-refractivity contribution in [1.29, 1.82) is 0 Å². The molecule has 1 rings (SSSR count). The van der Waals surface area contributed by atoms with Gasteiger partial charge in [-0.05, 0) is 32.1 Å². The van der Waals surface area contributed by atoms with Crippen LogP contribution in [0.1, 0.15) is 51.4 Å². The van der Waals surface area contributed by atoms with E-state index >= 15 is 0 Å². The Morgan fingerprint density at radius 1 is 1.29 bits per heavy atom. The summed E-state index contributed by atoms with van der Waals surface area (Å²) in [4.78, 5) is 24.4. The lowest BCUT2D eigenvalue weighted by Crippen LogP contribution is -2.36. The predicted octanol–water partition coefficient (Wildman–Crippen LogP) is 2.70. The molecule has 3 nitrogen and oxygen atoms in total. The number of likely N-dealkylation sites (tertiary alicyclic amines) is 1. The van der Waals surface area contributed by atoms with Crippen molar-refractivity contribution in [3.05, 3.63) is 12.7 Å². The second-order valence-corrected chi connectivity index (χ2v) is 4.67. The molecule has 1 unspecified atom stereocenters. The molecule has 1 atom stereocenters. The van der Waals surface area contributed by atoms with Gasteiger partial charge >= 0.3 is 0 Å². The van der Waals surface area contributed by atoms with Crippen LogP contribution >= 0.6 is 0 Å². The third-order valence-corrected chi connectivity index (χ3v) is 3.33. The number of carbonyl (C=O) groups excluding carboxylic acids is 2. The largest absolute Gasteiger partial charge is 0.333 e. The number of rotatable bonds is 8. The number of amides is 1. The molecule has 3 heteroatoms. The molecule has 0 bridgehead atoms. The van der Waals surface area contributed by atoms with E-state index in [0.717, 1.165) is 51.4 Å². The molecule has 0 aromatic heterocycles. The zero-order chi connectivity index (χ0) is 12.5. The lowest BCUT2D eigenvalue weighted by molar-refractivity contribution is -0.134. The molecule has 0 saturated carbocycles. The highest BCUT2D eigenvalue weighted by Crippen LogP contribution is 2.17. The van der Waals surface area contributed by atoms with Crippen LogP contribution in [-0.2, 0) is 9.59 Å². The minimum atomic E-state index is -0.150. The van der Waals surface area contributed by atoms with Crippen molar-refractivity contribution in [2.75, 3.05) is 6.54 Å². The number of carbonyl (C=O) groups is 2. The van der Waals surface area contributed by atoms with Crippen LogP contribution in [-0.4, -0.2) is 29.7 Å². The van der Waals surface area contributed by atoms with Gasteiger partial charge in [-0.3, -0.25) is 4.79 Å². The average molecular weight is 237 g/mol. The molecule has 0 aromatic rings. The van der Waals surface area contributed by atoms with E-state index in [9.17, 15) is 9.59 Å². The Bertz CT molecular complexity index is 263. The highest BCUT2D eigenvalue weighted by Gasteiger charge is 2.27. The van der Waals surface area contributed by atoms with E-state index in [2.05, 4.69) is 6.58 Å². The van der Waals surface area contributed by atoms with Gasteiger partial charge in [-0.25, -0.2) is 0 Å². The molecule has 0 radical (unpaired) electrons. The van der Waals surface area contributed by atoms with Gasteiger partial charge in [0.25, 0.3) is 0 Å². The van der Waals surface area contributed by atoms with Crippen LogP contribution < -0.4 is 0 Å². The summed E-state index contributed by atoms with van der Waals surface area (Å²) in [5.74, 6) is 0.156. The minimum Gasteiger partial charge on any atom is -0.333 e. The maximum absolute atomic E-state index is 11.9. The standard InChI is InChI=1S/C14H23NO2/c1-2-3-4-5-6-7-10-14(17)15-11-8-9-13(15)12-16/h2,12-13H,1,3-11H2. The maximum atomic E-state index is 11.9. The van der Waals surface area contributed by atoms with Crippen LogP contribution in [0.2, 0.25) is 0 Å². The smallest absolute Gasteiger partial charge is 0.223 e. The number of hydrogen-bond donors (Lipinski definition) is 0. The van der Waals surface area contributed by atoms with E-state index in [1.807, 2.05) is 6.08 Å². The Kier molecular flexibility index (Phi) is 6.60. The molecule has 1 amide bonds. The van der Waals surface area contributed by atoms with E-state index in [1.165, 1.54) is 6.42 Å². The zero-order valence-electron chi connectivity index (χ0n) is 10.6.